The van der Waals surface area contributed by atoms with Crippen LogP contribution in [0.1, 0.15) is 12.5 Å². The first kappa shape index (κ1) is 15.9. The van der Waals surface area contributed by atoms with Crippen molar-refractivity contribution in [1.29, 1.82) is 5.26 Å². The predicted octanol–water partition coefficient (Wildman–Crippen LogP) is 1.10. The van der Waals surface area contributed by atoms with Gasteiger partial charge in [0.2, 0.25) is 0 Å². The molecule has 0 saturated carbocycles. The van der Waals surface area contributed by atoms with Crippen LogP contribution in [0.3, 0.4) is 0 Å². The lowest BCUT2D eigenvalue weighted by molar-refractivity contribution is -0.139. The summed E-state index contributed by atoms with van der Waals surface area (Å²) in [5.74, 6) is 3.11. The van der Waals surface area contributed by atoms with Gasteiger partial charge in [-0.3, -0.25) is 9.69 Å². The molecular formula is C17H19N3O2. The Morgan fingerprint density at radius 1 is 1.41 bits per heavy atom. The molecule has 0 N–H and O–H groups in total. The summed E-state index contributed by atoms with van der Waals surface area (Å²) in [6, 6.07) is 8.87. The third kappa shape index (κ3) is 4.00. The van der Waals surface area contributed by atoms with Crippen LogP contribution in [-0.2, 0) is 4.79 Å². The second-order valence-electron chi connectivity index (χ2n) is 5.21. The van der Waals surface area contributed by atoms with E-state index in [1.54, 1.807) is 36.1 Å². The van der Waals surface area contributed by atoms with Crippen LogP contribution in [0.15, 0.2) is 24.3 Å². The maximum atomic E-state index is 12.4. The molecule has 1 heterocycles. The smallest absolute Gasteiger partial charge is 0.263 e. The Balaban J connectivity index is 1.90. The normalized spacial score (nSPS) is 16.4. The number of ether oxygens (including phenoxy) is 1. The zero-order valence-electron chi connectivity index (χ0n) is 12.7. The SMILES string of the molecule is C#CCN1CCN(C(=O)C(C)Oc2cccc(C#N)c2)CC1. The summed E-state index contributed by atoms with van der Waals surface area (Å²) in [6.07, 6.45) is 4.72. The van der Waals surface area contributed by atoms with E-state index in [4.69, 9.17) is 16.4 Å². The zero-order valence-corrected chi connectivity index (χ0v) is 12.7. The fourth-order valence-corrected chi connectivity index (χ4v) is 2.41. The standard InChI is InChI=1S/C17H19N3O2/c1-3-7-19-8-10-20(11-9-19)17(21)14(2)22-16-6-4-5-15(12-16)13-18/h1,4-6,12,14H,7-11H2,2H3. The molecule has 1 aliphatic rings. The maximum Gasteiger partial charge on any atom is 0.263 e. The molecule has 0 aromatic heterocycles. The van der Waals surface area contributed by atoms with Crippen molar-refractivity contribution in [3.63, 3.8) is 0 Å². The highest BCUT2D eigenvalue weighted by Gasteiger charge is 2.25. The van der Waals surface area contributed by atoms with E-state index in [9.17, 15) is 4.79 Å². The van der Waals surface area contributed by atoms with E-state index in [1.807, 2.05) is 0 Å². The van der Waals surface area contributed by atoms with E-state index in [-0.39, 0.29) is 5.91 Å². The van der Waals surface area contributed by atoms with Crippen molar-refractivity contribution in [3.8, 4) is 24.2 Å². The first-order chi connectivity index (χ1) is 10.6. The molecule has 0 radical (unpaired) electrons. The third-order valence-electron chi connectivity index (χ3n) is 3.62. The largest absolute Gasteiger partial charge is 0.481 e. The summed E-state index contributed by atoms with van der Waals surface area (Å²) in [7, 11) is 0. The molecule has 0 bridgehead atoms. The van der Waals surface area contributed by atoms with Crippen LogP contribution in [0.4, 0.5) is 0 Å². The Labute approximate surface area is 131 Å². The van der Waals surface area contributed by atoms with Gasteiger partial charge in [-0.1, -0.05) is 12.0 Å². The molecule has 0 spiro atoms. The van der Waals surface area contributed by atoms with Crippen molar-refractivity contribution in [2.24, 2.45) is 0 Å². The molecule has 1 fully saturated rings. The molecule has 2 rings (SSSR count). The summed E-state index contributed by atoms with van der Waals surface area (Å²) in [6.45, 7) is 5.24. The second-order valence-corrected chi connectivity index (χ2v) is 5.21. The highest BCUT2D eigenvalue weighted by atomic mass is 16.5. The van der Waals surface area contributed by atoms with Crippen LogP contribution in [0.2, 0.25) is 0 Å². The monoisotopic (exact) mass is 297 g/mol. The first-order valence-electron chi connectivity index (χ1n) is 7.25. The fraction of sp³-hybridized carbons (Fsp3) is 0.412. The van der Waals surface area contributed by atoms with Gasteiger partial charge in [-0.05, 0) is 25.1 Å². The van der Waals surface area contributed by atoms with Crippen molar-refractivity contribution in [2.45, 2.75) is 13.0 Å². The first-order valence-corrected chi connectivity index (χ1v) is 7.25. The van der Waals surface area contributed by atoms with E-state index >= 15 is 0 Å². The lowest BCUT2D eigenvalue weighted by atomic mass is 10.2. The zero-order chi connectivity index (χ0) is 15.9. The number of terminal acetylenes is 1. The number of carbonyl (C=O) groups excluding carboxylic acids is 1. The Morgan fingerprint density at radius 2 is 2.14 bits per heavy atom. The minimum absolute atomic E-state index is 0.0391. The molecule has 1 aromatic carbocycles. The number of carbonyl (C=O) groups is 1. The van der Waals surface area contributed by atoms with Crippen LogP contribution >= 0.6 is 0 Å². The van der Waals surface area contributed by atoms with Gasteiger partial charge in [0, 0.05) is 26.2 Å². The van der Waals surface area contributed by atoms with Gasteiger partial charge < -0.3 is 9.64 Å². The second kappa shape index (κ2) is 7.49. The average Bonchev–Trinajstić information content (AvgIpc) is 2.55. The Kier molecular flexibility index (Phi) is 5.41. The number of nitriles is 1. The summed E-state index contributed by atoms with van der Waals surface area (Å²) < 4.78 is 5.66. The predicted molar refractivity (Wildman–Crippen MR) is 83.1 cm³/mol. The molecule has 1 unspecified atom stereocenters. The summed E-state index contributed by atoms with van der Waals surface area (Å²) in [5.41, 5.74) is 0.514. The van der Waals surface area contributed by atoms with E-state index < -0.39 is 6.10 Å². The minimum Gasteiger partial charge on any atom is -0.481 e. The molecule has 1 saturated heterocycles. The molecule has 114 valence electrons. The van der Waals surface area contributed by atoms with Gasteiger partial charge in [0.15, 0.2) is 6.10 Å². The summed E-state index contributed by atoms with van der Waals surface area (Å²) >= 11 is 0. The van der Waals surface area contributed by atoms with Crippen LogP contribution in [0.25, 0.3) is 0 Å². The Bertz CT molecular complexity index is 607. The van der Waals surface area contributed by atoms with Crippen molar-refractivity contribution < 1.29 is 9.53 Å². The van der Waals surface area contributed by atoms with Crippen molar-refractivity contribution in [2.75, 3.05) is 32.7 Å². The van der Waals surface area contributed by atoms with Gasteiger partial charge >= 0.3 is 0 Å². The van der Waals surface area contributed by atoms with Crippen molar-refractivity contribution >= 4 is 5.91 Å². The number of nitrogens with zero attached hydrogens (tertiary/aromatic N) is 3. The number of rotatable bonds is 4. The number of hydrogen-bond acceptors (Lipinski definition) is 4. The number of amides is 1. The van der Waals surface area contributed by atoms with Gasteiger partial charge in [-0.15, -0.1) is 6.42 Å². The molecule has 5 heteroatoms. The third-order valence-corrected chi connectivity index (χ3v) is 3.62. The molecule has 5 nitrogen and oxygen atoms in total. The lowest BCUT2D eigenvalue weighted by Gasteiger charge is -2.35. The van der Waals surface area contributed by atoms with E-state index in [2.05, 4.69) is 16.9 Å². The van der Waals surface area contributed by atoms with E-state index in [0.717, 1.165) is 13.1 Å². The van der Waals surface area contributed by atoms with E-state index in [0.29, 0.717) is 30.9 Å². The van der Waals surface area contributed by atoms with E-state index in [1.165, 1.54) is 0 Å². The molecular weight excluding hydrogens is 278 g/mol. The Morgan fingerprint density at radius 3 is 2.77 bits per heavy atom. The van der Waals surface area contributed by atoms with Crippen molar-refractivity contribution in [1.82, 2.24) is 9.80 Å². The summed E-state index contributed by atoms with van der Waals surface area (Å²) in [5, 5.41) is 8.88. The molecule has 0 aliphatic carbocycles. The van der Waals surface area contributed by atoms with Gasteiger partial charge in [0.1, 0.15) is 5.75 Å². The highest BCUT2D eigenvalue weighted by molar-refractivity contribution is 5.81. The Hall–Kier alpha value is -2.50. The number of benzene rings is 1. The lowest BCUT2D eigenvalue weighted by Crippen LogP contribution is -2.51. The number of hydrogen-bond donors (Lipinski definition) is 0. The van der Waals surface area contributed by atoms with Gasteiger partial charge in [-0.25, -0.2) is 0 Å². The van der Waals surface area contributed by atoms with Crippen LogP contribution in [0, 0.1) is 23.7 Å². The average molecular weight is 297 g/mol. The van der Waals surface area contributed by atoms with Crippen molar-refractivity contribution in [3.05, 3.63) is 29.8 Å². The van der Waals surface area contributed by atoms with Crippen LogP contribution in [-0.4, -0.2) is 54.5 Å². The highest BCUT2D eigenvalue weighted by Crippen LogP contribution is 2.15. The molecule has 1 aliphatic heterocycles. The van der Waals surface area contributed by atoms with Gasteiger partial charge in [0.25, 0.3) is 5.91 Å². The van der Waals surface area contributed by atoms with Gasteiger partial charge in [-0.2, -0.15) is 5.26 Å². The minimum atomic E-state index is -0.576. The molecule has 1 aromatic rings. The summed E-state index contributed by atoms with van der Waals surface area (Å²) in [4.78, 5) is 16.3. The van der Waals surface area contributed by atoms with Gasteiger partial charge in [0.05, 0.1) is 18.2 Å². The van der Waals surface area contributed by atoms with Crippen LogP contribution in [0.5, 0.6) is 5.75 Å². The molecule has 1 amide bonds. The molecule has 22 heavy (non-hydrogen) atoms. The molecule has 1 atom stereocenters. The quantitative estimate of drug-likeness (QED) is 0.781. The fourth-order valence-electron chi connectivity index (χ4n) is 2.41. The topological polar surface area (TPSA) is 56.6 Å². The number of piperazine rings is 1. The van der Waals surface area contributed by atoms with Crippen LogP contribution < -0.4 is 4.74 Å². The maximum absolute atomic E-state index is 12.4.